The zero-order valence-corrected chi connectivity index (χ0v) is 13.6. The SMILES string of the molecule is Cc1c(Br)c2cc(C3(CN)CCC3)cc3c2n1CCC3. The Labute approximate surface area is 128 Å². The predicted molar refractivity (Wildman–Crippen MR) is 87.3 cm³/mol. The third-order valence-electron chi connectivity index (χ3n) is 5.56. The van der Waals surface area contributed by atoms with Crippen molar-refractivity contribution < 1.29 is 0 Å². The van der Waals surface area contributed by atoms with Crippen LogP contribution in [0.1, 0.15) is 42.5 Å². The zero-order chi connectivity index (χ0) is 13.9. The summed E-state index contributed by atoms with van der Waals surface area (Å²) in [4.78, 5) is 0. The van der Waals surface area contributed by atoms with E-state index in [0.29, 0.717) is 0 Å². The fraction of sp³-hybridized carbons (Fsp3) is 0.529. The van der Waals surface area contributed by atoms with Gasteiger partial charge in [-0.2, -0.15) is 0 Å². The van der Waals surface area contributed by atoms with Crippen LogP contribution in [0.2, 0.25) is 0 Å². The summed E-state index contributed by atoms with van der Waals surface area (Å²) >= 11 is 3.82. The largest absolute Gasteiger partial charge is 0.343 e. The molecule has 0 saturated heterocycles. The van der Waals surface area contributed by atoms with Crippen molar-refractivity contribution in [1.29, 1.82) is 0 Å². The van der Waals surface area contributed by atoms with Crippen molar-refractivity contribution in [3.8, 4) is 0 Å². The highest BCUT2D eigenvalue weighted by Gasteiger charge is 2.38. The summed E-state index contributed by atoms with van der Waals surface area (Å²) in [6.45, 7) is 4.17. The van der Waals surface area contributed by atoms with Gasteiger partial charge in [-0.1, -0.05) is 12.5 Å². The normalized spacial score (nSPS) is 20.1. The maximum absolute atomic E-state index is 6.11. The molecule has 106 valence electrons. The van der Waals surface area contributed by atoms with Crippen LogP contribution in [0.5, 0.6) is 0 Å². The van der Waals surface area contributed by atoms with E-state index in [4.69, 9.17) is 5.73 Å². The summed E-state index contributed by atoms with van der Waals surface area (Å²) in [5, 5.41) is 1.40. The Hall–Kier alpha value is -0.800. The molecule has 0 unspecified atom stereocenters. The molecule has 1 aromatic heterocycles. The van der Waals surface area contributed by atoms with Crippen LogP contribution in [0.25, 0.3) is 10.9 Å². The minimum Gasteiger partial charge on any atom is -0.343 e. The second kappa shape index (κ2) is 4.35. The first kappa shape index (κ1) is 12.9. The molecule has 1 aliphatic heterocycles. The molecule has 0 atom stereocenters. The van der Waals surface area contributed by atoms with Crippen LogP contribution in [0.3, 0.4) is 0 Å². The average Bonchev–Trinajstić information content (AvgIpc) is 2.66. The third kappa shape index (κ3) is 1.54. The summed E-state index contributed by atoms with van der Waals surface area (Å²) in [5.74, 6) is 0. The molecule has 4 rings (SSSR count). The number of benzene rings is 1. The molecular weight excluding hydrogens is 312 g/mol. The van der Waals surface area contributed by atoms with Crippen LogP contribution in [0.15, 0.2) is 16.6 Å². The Morgan fingerprint density at radius 2 is 2.10 bits per heavy atom. The first-order valence-electron chi connectivity index (χ1n) is 7.68. The van der Waals surface area contributed by atoms with Crippen molar-refractivity contribution in [3.63, 3.8) is 0 Å². The van der Waals surface area contributed by atoms with Gasteiger partial charge in [0, 0.05) is 34.1 Å². The molecule has 0 radical (unpaired) electrons. The fourth-order valence-corrected chi connectivity index (χ4v) is 4.60. The van der Waals surface area contributed by atoms with Gasteiger partial charge in [-0.05, 0) is 65.7 Å². The Morgan fingerprint density at radius 1 is 1.30 bits per heavy atom. The van der Waals surface area contributed by atoms with E-state index < -0.39 is 0 Å². The summed E-state index contributed by atoms with van der Waals surface area (Å²) in [6, 6.07) is 4.86. The van der Waals surface area contributed by atoms with E-state index in [9.17, 15) is 0 Å². The van der Waals surface area contributed by atoms with Gasteiger partial charge in [-0.15, -0.1) is 0 Å². The van der Waals surface area contributed by atoms with E-state index in [0.717, 1.165) is 13.1 Å². The zero-order valence-electron chi connectivity index (χ0n) is 12.0. The molecule has 0 amide bonds. The number of aryl methyl sites for hydroxylation is 2. The Bertz CT molecular complexity index is 689. The van der Waals surface area contributed by atoms with Crippen LogP contribution < -0.4 is 5.73 Å². The molecule has 2 nitrogen and oxygen atoms in total. The molecule has 2 N–H and O–H groups in total. The van der Waals surface area contributed by atoms with Crippen molar-refractivity contribution in [2.24, 2.45) is 5.73 Å². The number of hydrogen-bond acceptors (Lipinski definition) is 1. The van der Waals surface area contributed by atoms with Gasteiger partial charge < -0.3 is 10.3 Å². The lowest BCUT2D eigenvalue weighted by Crippen LogP contribution is -2.41. The maximum atomic E-state index is 6.11. The van der Waals surface area contributed by atoms with Gasteiger partial charge in [0.25, 0.3) is 0 Å². The Kier molecular flexibility index (Phi) is 2.80. The van der Waals surface area contributed by atoms with Gasteiger partial charge in [0.2, 0.25) is 0 Å². The van der Waals surface area contributed by atoms with Gasteiger partial charge in [-0.3, -0.25) is 0 Å². The van der Waals surface area contributed by atoms with E-state index in [2.05, 4.69) is 39.6 Å². The maximum Gasteiger partial charge on any atom is 0.0526 e. The molecule has 1 aromatic carbocycles. The summed E-state index contributed by atoms with van der Waals surface area (Å²) in [6.07, 6.45) is 6.30. The predicted octanol–water partition coefficient (Wildman–Crippen LogP) is 4.04. The number of halogens is 1. The molecule has 0 bridgehead atoms. The number of nitrogens with two attached hydrogens (primary N) is 1. The van der Waals surface area contributed by atoms with Gasteiger partial charge in [-0.25, -0.2) is 0 Å². The van der Waals surface area contributed by atoms with Crippen molar-refractivity contribution in [3.05, 3.63) is 33.4 Å². The van der Waals surface area contributed by atoms with Gasteiger partial charge in [0.1, 0.15) is 0 Å². The van der Waals surface area contributed by atoms with Crippen molar-refractivity contribution >= 4 is 26.8 Å². The fourth-order valence-electron chi connectivity index (χ4n) is 4.08. The minimum atomic E-state index is 0.261. The second-order valence-electron chi connectivity index (χ2n) is 6.52. The number of nitrogens with zero attached hydrogens (tertiary/aromatic N) is 1. The molecule has 2 heterocycles. The molecule has 1 fully saturated rings. The van der Waals surface area contributed by atoms with E-state index >= 15 is 0 Å². The van der Waals surface area contributed by atoms with Crippen molar-refractivity contribution in [2.45, 2.75) is 51.0 Å². The molecule has 20 heavy (non-hydrogen) atoms. The topological polar surface area (TPSA) is 30.9 Å². The highest BCUT2D eigenvalue weighted by molar-refractivity contribution is 9.10. The molecule has 3 heteroatoms. The van der Waals surface area contributed by atoms with Crippen molar-refractivity contribution in [1.82, 2.24) is 4.57 Å². The van der Waals surface area contributed by atoms with E-state index in [1.807, 2.05) is 0 Å². The third-order valence-corrected chi connectivity index (χ3v) is 6.56. The van der Waals surface area contributed by atoms with Crippen LogP contribution in [-0.2, 0) is 18.4 Å². The Balaban J connectivity index is 2.01. The highest BCUT2D eigenvalue weighted by Crippen LogP contribution is 2.46. The Morgan fingerprint density at radius 3 is 2.75 bits per heavy atom. The lowest BCUT2D eigenvalue weighted by Gasteiger charge is -2.42. The van der Waals surface area contributed by atoms with Gasteiger partial charge in [0.05, 0.1) is 5.52 Å². The number of rotatable bonds is 2. The van der Waals surface area contributed by atoms with Crippen LogP contribution in [0, 0.1) is 6.92 Å². The van der Waals surface area contributed by atoms with E-state index in [1.165, 1.54) is 64.3 Å². The van der Waals surface area contributed by atoms with Gasteiger partial charge >= 0.3 is 0 Å². The number of hydrogen-bond donors (Lipinski definition) is 1. The lowest BCUT2D eigenvalue weighted by molar-refractivity contribution is 0.253. The van der Waals surface area contributed by atoms with Crippen molar-refractivity contribution in [2.75, 3.05) is 6.54 Å². The standard InChI is InChI=1S/C17H21BrN2/c1-11-15(18)14-9-13(17(10-19)5-3-6-17)8-12-4-2-7-20(11)16(12)14/h8-9H,2-7,10,19H2,1H3. The monoisotopic (exact) mass is 332 g/mol. The number of aromatic nitrogens is 1. The molecular formula is C17H21BrN2. The lowest BCUT2D eigenvalue weighted by atomic mass is 9.64. The summed E-state index contributed by atoms with van der Waals surface area (Å²) in [5.41, 5.74) is 12.2. The smallest absolute Gasteiger partial charge is 0.0526 e. The van der Waals surface area contributed by atoms with Gasteiger partial charge in [0.15, 0.2) is 0 Å². The second-order valence-corrected chi connectivity index (χ2v) is 7.32. The first-order chi connectivity index (χ1) is 9.66. The van der Waals surface area contributed by atoms with Crippen LogP contribution >= 0.6 is 15.9 Å². The van der Waals surface area contributed by atoms with E-state index in [-0.39, 0.29) is 5.41 Å². The minimum absolute atomic E-state index is 0.261. The molecule has 2 aliphatic rings. The van der Waals surface area contributed by atoms with Crippen LogP contribution in [-0.4, -0.2) is 11.1 Å². The summed E-state index contributed by atoms with van der Waals surface area (Å²) < 4.78 is 3.77. The van der Waals surface area contributed by atoms with E-state index in [1.54, 1.807) is 0 Å². The first-order valence-corrected chi connectivity index (χ1v) is 8.47. The average molecular weight is 333 g/mol. The molecule has 2 aromatic rings. The summed E-state index contributed by atoms with van der Waals surface area (Å²) in [7, 11) is 0. The van der Waals surface area contributed by atoms with Crippen LogP contribution in [0.4, 0.5) is 0 Å². The molecule has 0 spiro atoms. The highest BCUT2D eigenvalue weighted by atomic mass is 79.9. The molecule has 1 aliphatic carbocycles. The molecule has 1 saturated carbocycles. The quantitative estimate of drug-likeness (QED) is 0.883.